The molecule has 1 atom stereocenters. The number of carbonyl (C=O) groups is 1. The first kappa shape index (κ1) is 19.9. The molecule has 1 unspecified atom stereocenters. The fourth-order valence-corrected chi connectivity index (χ4v) is 2.73. The van der Waals surface area contributed by atoms with Crippen molar-refractivity contribution in [2.45, 2.75) is 12.5 Å². The van der Waals surface area contributed by atoms with Gasteiger partial charge in [-0.1, -0.05) is 24.3 Å². The van der Waals surface area contributed by atoms with Crippen LogP contribution in [0.2, 0.25) is 0 Å². The van der Waals surface area contributed by atoms with Gasteiger partial charge in [0.2, 0.25) is 0 Å². The van der Waals surface area contributed by atoms with Crippen LogP contribution in [0.15, 0.2) is 48.5 Å². The van der Waals surface area contributed by atoms with E-state index in [2.05, 4.69) is 16.0 Å². The van der Waals surface area contributed by atoms with Gasteiger partial charge < -0.3 is 30.7 Å². The van der Waals surface area contributed by atoms with Crippen molar-refractivity contribution in [2.75, 3.05) is 38.2 Å². The molecule has 1 aliphatic heterocycles. The Kier molecular flexibility index (Phi) is 7.48. The average molecular weight is 387 g/mol. The number of ether oxygens (including phenoxy) is 1. The van der Waals surface area contributed by atoms with Crippen LogP contribution in [0, 0.1) is 0 Å². The second kappa shape index (κ2) is 10.5. The third kappa shape index (κ3) is 6.12. The summed E-state index contributed by atoms with van der Waals surface area (Å²) >= 11 is 0. The Labute approximate surface area is 163 Å². The molecule has 0 radical (unpaired) electrons. The molecule has 3 rings (SSSR count). The van der Waals surface area contributed by atoms with Crippen molar-refractivity contribution in [3.8, 4) is 11.5 Å². The first-order valence-electron chi connectivity index (χ1n) is 9.25. The number of carbonyl (C=O) groups excluding carboxylic acids is 1. The van der Waals surface area contributed by atoms with Crippen molar-refractivity contribution in [1.82, 2.24) is 10.6 Å². The van der Waals surface area contributed by atoms with Crippen LogP contribution in [0.1, 0.15) is 5.56 Å². The minimum Gasteiger partial charge on any atom is -0.490 e. The summed E-state index contributed by atoms with van der Waals surface area (Å²) in [5.41, 5.74) is 1.68. The molecule has 150 valence electrons. The molecule has 2 aromatic carbocycles. The number of aliphatic hydroxyl groups is 1. The highest BCUT2D eigenvalue weighted by molar-refractivity contribution is 5.89. The molecule has 0 spiro atoms. The van der Waals surface area contributed by atoms with Gasteiger partial charge >= 0.3 is 6.03 Å². The Morgan fingerprint density at radius 2 is 2.00 bits per heavy atom. The highest BCUT2D eigenvalue weighted by atomic mass is 17.2. The van der Waals surface area contributed by atoms with Crippen molar-refractivity contribution in [3.63, 3.8) is 0 Å². The molecule has 0 aromatic heterocycles. The van der Waals surface area contributed by atoms with Gasteiger partial charge in [0, 0.05) is 37.3 Å². The van der Waals surface area contributed by atoms with E-state index in [1.54, 1.807) is 0 Å². The van der Waals surface area contributed by atoms with E-state index in [1.807, 2.05) is 48.5 Å². The van der Waals surface area contributed by atoms with Gasteiger partial charge in [0.15, 0.2) is 5.75 Å². The van der Waals surface area contributed by atoms with E-state index >= 15 is 0 Å². The van der Waals surface area contributed by atoms with Crippen molar-refractivity contribution in [1.29, 1.82) is 0 Å². The first-order valence-corrected chi connectivity index (χ1v) is 9.25. The lowest BCUT2D eigenvalue weighted by Crippen LogP contribution is -2.38. The van der Waals surface area contributed by atoms with Crippen molar-refractivity contribution in [3.05, 3.63) is 54.1 Å². The number of amides is 2. The number of urea groups is 1. The van der Waals surface area contributed by atoms with Crippen LogP contribution in [-0.4, -0.2) is 50.1 Å². The zero-order valence-corrected chi connectivity index (χ0v) is 15.5. The minimum atomic E-state index is -0.672. The fourth-order valence-electron chi connectivity index (χ4n) is 2.73. The lowest BCUT2D eigenvalue weighted by Gasteiger charge is -2.20. The average Bonchev–Trinajstić information content (AvgIpc) is 2.72. The zero-order chi connectivity index (χ0) is 19.6. The van der Waals surface area contributed by atoms with Crippen LogP contribution in [0.3, 0.4) is 0 Å². The third-order valence-electron chi connectivity index (χ3n) is 4.10. The molecule has 4 N–H and O–H groups in total. The minimum absolute atomic E-state index is 0.159. The largest absolute Gasteiger partial charge is 0.490 e. The molecular formula is C20H25N3O5. The monoisotopic (exact) mass is 387 g/mol. The van der Waals surface area contributed by atoms with Gasteiger partial charge in [0.1, 0.15) is 18.5 Å². The van der Waals surface area contributed by atoms with E-state index in [0.29, 0.717) is 44.2 Å². The fraction of sp³-hybridized carbons (Fsp3) is 0.350. The number of rotatable bonds is 9. The van der Waals surface area contributed by atoms with E-state index in [4.69, 9.17) is 14.5 Å². The van der Waals surface area contributed by atoms with Gasteiger partial charge in [0.25, 0.3) is 0 Å². The van der Waals surface area contributed by atoms with Crippen LogP contribution in [-0.2, 0) is 11.3 Å². The SMILES string of the molecule is O=C(NCCNCC(O)COc1cccc2c1CCOO2)Nc1ccccc1. The highest BCUT2D eigenvalue weighted by Crippen LogP contribution is 2.31. The van der Waals surface area contributed by atoms with Crippen LogP contribution in [0.4, 0.5) is 10.5 Å². The standard InChI is InChI=1S/C20H25N3O5/c24-16(14-26-18-7-4-8-19-17(18)9-12-27-28-19)13-21-10-11-22-20(25)23-15-5-2-1-3-6-15/h1-8,16,21,24H,9-14H2,(H2,22,23,25). The van der Waals surface area contributed by atoms with Gasteiger partial charge in [-0.05, 0) is 24.3 Å². The summed E-state index contributed by atoms with van der Waals surface area (Å²) in [5, 5.41) is 18.6. The van der Waals surface area contributed by atoms with Crippen molar-refractivity contribution >= 4 is 11.7 Å². The van der Waals surface area contributed by atoms with Crippen LogP contribution < -0.4 is 25.6 Å². The maximum atomic E-state index is 11.7. The van der Waals surface area contributed by atoms with Crippen LogP contribution >= 0.6 is 0 Å². The van der Waals surface area contributed by atoms with Crippen molar-refractivity contribution in [2.24, 2.45) is 0 Å². The number of hydrogen-bond donors (Lipinski definition) is 4. The summed E-state index contributed by atoms with van der Waals surface area (Å²) in [5.74, 6) is 1.34. The van der Waals surface area contributed by atoms with Gasteiger partial charge in [-0.15, -0.1) is 0 Å². The summed E-state index contributed by atoms with van der Waals surface area (Å²) in [6.45, 7) is 1.96. The zero-order valence-electron chi connectivity index (χ0n) is 15.5. The number of para-hydroxylation sites is 1. The lowest BCUT2D eigenvalue weighted by atomic mass is 10.1. The van der Waals surface area contributed by atoms with Gasteiger partial charge in [-0.3, -0.25) is 0 Å². The second-order valence-electron chi connectivity index (χ2n) is 6.30. The molecule has 28 heavy (non-hydrogen) atoms. The lowest BCUT2D eigenvalue weighted by molar-refractivity contribution is -0.215. The van der Waals surface area contributed by atoms with Gasteiger partial charge in [0.05, 0.1) is 6.61 Å². The van der Waals surface area contributed by atoms with E-state index in [-0.39, 0.29) is 12.6 Å². The van der Waals surface area contributed by atoms with E-state index in [1.165, 1.54) is 0 Å². The van der Waals surface area contributed by atoms with E-state index in [9.17, 15) is 9.90 Å². The summed E-state index contributed by atoms with van der Waals surface area (Å²) in [6, 6.07) is 14.4. The quantitative estimate of drug-likeness (QED) is 0.386. The molecule has 1 aliphatic rings. The molecule has 0 bridgehead atoms. The Hall–Kier alpha value is -2.81. The number of benzene rings is 2. The summed E-state index contributed by atoms with van der Waals surface area (Å²) in [6.07, 6.45) is 0.0334. The third-order valence-corrected chi connectivity index (χ3v) is 4.10. The van der Waals surface area contributed by atoms with Gasteiger partial charge in [-0.25, -0.2) is 4.79 Å². The number of hydrogen-bond acceptors (Lipinski definition) is 6. The second-order valence-corrected chi connectivity index (χ2v) is 6.30. The molecule has 0 aliphatic carbocycles. The van der Waals surface area contributed by atoms with E-state index < -0.39 is 6.10 Å². The maximum Gasteiger partial charge on any atom is 0.319 e. The molecule has 0 saturated carbocycles. The molecule has 1 heterocycles. The maximum absolute atomic E-state index is 11.7. The molecule has 2 aromatic rings. The Morgan fingerprint density at radius 1 is 1.14 bits per heavy atom. The number of nitrogens with one attached hydrogen (secondary N) is 3. The smallest absolute Gasteiger partial charge is 0.319 e. The van der Waals surface area contributed by atoms with Crippen LogP contribution in [0.5, 0.6) is 11.5 Å². The highest BCUT2D eigenvalue weighted by Gasteiger charge is 2.17. The topological polar surface area (TPSA) is 101 Å². The van der Waals surface area contributed by atoms with E-state index in [0.717, 1.165) is 11.3 Å². The molecule has 0 fully saturated rings. The Balaban J connectivity index is 1.29. The molecule has 0 saturated heterocycles. The first-order chi connectivity index (χ1) is 13.7. The molecular weight excluding hydrogens is 362 g/mol. The normalized spacial score (nSPS) is 13.8. The number of aliphatic hydroxyl groups excluding tert-OH is 1. The predicted octanol–water partition coefficient (Wildman–Crippen LogP) is 1.70. The summed E-state index contributed by atoms with van der Waals surface area (Å²) < 4.78 is 5.72. The molecule has 8 nitrogen and oxygen atoms in total. The Bertz CT molecular complexity index is 757. The van der Waals surface area contributed by atoms with Crippen LogP contribution in [0.25, 0.3) is 0 Å². The van der Waals surface area contributed by atoms with Crippen molar-refractivity contribution < 1.29 is 24.4 Å². The molecule has 8 heteroatoms. The number of anilines is 1. The predicted molar refractivity (Wildman–Crippen MR) is 105 cm³/mol. The Morgan fingerprint density at radius 3 is 2.86 bits per heavy atom. The van der Waals surface area contributed by atoms with Gasteiger partial charge in [-0.2, -0.15) is 4.89 Å². The summed E-state index contributed by atoms with van der Waals surface area (Å²) in [7, 11) is 0. The number of fused-ring (bicyclic) bond motifs is 1. The summed E-state index contributed by atoms with van der Waals surface area (Å²) in [4.78, 5) is 21.8. The molecule has 2 amide bonds.